The van der Waals surface area contributed by atoms with Gasteiger partial charge < -0.3 is 14.7 Å². The van der Waals surface area contributed by atoms with Gasteiger partial charge in [-0.1, -0.05) is 46.6 Å². The van der Waals surface area contributed by atoms with Crippen molar-refractivity contribution >= 4 is 23.3 Å². The van der Waals surface area contributed by atoms with Crippen molar-refractivity contribution in [2.45, 2.75) is 32.6 Å². The third-order valence-electron chi connectivity index (χ3n) is 5.21. The molecule has 4 rings (SSSR count). The molecule has 29 heavy (non-hydrogen) atoms. The zero-order valence-corrected chi connectivity index (χ0v) is 17.2. The monoisotopic (exact) mass is 410 g/mol. The van der Waals surface area contributed by atoms with E-state index in [2.05, 4.69) is 21.5 Å². The summed E-state index contributed by atoms with van der Waals surface area (Å²) in [6.45, 7) is 5.30. The second-order valence-corrected chi connectivity index (χ2v) is 7.94. The fourth-order valence-corrected chi connectivity index (χ4v) is 3.85. The molecule has 0 spiro atoms. The molecule has 1 aliphatic rings. The molecule has 2 amide bonds. The van der Waals surface area contributed by atoms with Crippen LogP contribution in [0.4, 0.5) is 10.5 Å². The quantitative estimate of drug-likeness (QED) is 0.625. The molecule has 1 N–H and O–H groups in total. The summed E-state index contributed by atoms with van der Waals surface area (Å²) in [5.74, 6) is 1.09. The number of benzene rings is 2. The summed E-state index contributed by atoms with van der Waals surface area (Å²) in [4.78, 5) is 19.1. The van der Waals surface area contributed by atoms with Crippen LogP contribution in [-0.4, -0.2) is 34.2 Å². The molecule has 0 radical (unpaired) electrons. The van der Waals surface area contributed by atoms with Gasteiger partial charge in [-0.2, -0.15) is 4.98 Å². The van der Waals surface area contributed by atoms with Gasteiger partial charge in [0, 0.05) is 29.4 Å². The first kappa shape index (κ1) is 19.5. The van der Waals surface area contributed by atoms with E-state index in [0.717, 1.165) is 29.7 Å². The molecule has 0 bridgehead atoms. The van der Waals surface area contributed by atoms with E-state index >= 15 is 0 Å². The summed E-state index contributed by atoms with van der Waals surface area (Å²) in [5.41, 5.74) is 3.87. The number of rotatable bonds is 3. The van der Waals surface area contributed by atoms with E-state index < -0.39 is 0 Å². The number of piperidine rings is 1. The van der Waals surface area contributed by atoms with Crippen molar-refractivity contribution in [3.63, 3.8) is 0 Å². The Bertz CT molecular complexity index is 1030. The zero-order valence-electron chi connectivity index (χ0n) is 16.5. The third-order valence-corrected chi connectivity index (χ3v) is 5.44. The maximum Gasteiger partial charge on any atom is 0.321 e. The molecule has 150 valence electrons. The van der Waals surface area contributed by atoms with Crippen LogP contribution in [0.15, 0.2) is 47.0 Å². The number of anilines is 1. The minimum atomic E-state index is -0.101. The van der Waals surface area contributed by atoms with Crippen molar-refractivity contribution in [1.29, 1.82) is 0 Å². The molecule has 0 unspecified atom stereocenters. The number of hydrogen-bond acceptors (Lipinski definition) is 4. The molecule has 6 nitrogen and oxygen atoms in total. The minimum Gasteiger partial charge on any atom is -0.339 e. The van der Waals surface area contributed by atoms with Gasteiger partial charge in [0.05, 0.1) is 5.92 Å². The Morgan fingerprint density at radius 3 is 2.90 bits per heavy atom. The second kappa shape index (κ2) is 8.25. The SMILES string of the molecule is Cc1ccc(NC(=O)N2CCC[C@@H](c3nc(-c4cccc(Cl)c4)no3)C2)c(C)c1. The lowest BCUT2D eigenvalue weighted by atomic mass is 9.98. The van der Waals surface area contributed by atoms with Crippen molar-refractivity contribution in [1.82, 2.24) is 15.0 Å². The van der Waals surface area contributed by atoms with Crippen LogP contribution in [0.3, 0.4) is 0 Å². The summed E-state index contributed by atoms with van der Waals surface area (Å²) in [5, 5.41) is 7.74. The molecule has 0 saturated carbocycles. The Labute approximate surface area is 174 Å². The highest BCUT2D eigenvalue weighted by molar-refractivity contribution is 6.30. The van der Waals surface area contributed by atoms with Crippen LogP contribution < -0.4 is 5.32 Å². The lowest BCUT2D eigenvalue weighted by molar-refractivity contribution is 0.184. The Morgan fingerprint density at radius 1 is 1.24 bits per heavy atom. The van der Waals surface area contributed by atoms with Gasteiger partial charge in [0.1, 0.15) is 0 Å². The van der Waals surface area contributed by atoms with Gasteiger partial charge in [0.25, 0.3) is 0 Å². The number of nitrogens with zero attached hydrogens (tertiary/aromatic N) is 3. The summed E-state index contributed by atoms with van der Waals surface area (Å²) in [6.07, 6.45) is 1.80. The fraction of sp³-hybridized carbons (Fsp3) is 0.318. The minimum absolute atomic E-state index is 0.0223. The van der Waals surface area contributed by atoms with E-state index in [4.69, 9.17) is 16.1 Å². The Morgan fingerprint density at radius 2 is 2.10 bits per heavy atom. The number of nitrogens with one attached hydrogen (secondary N) is 1. The lowest BCUT2D eigenvalue weighted by Crippen LogP contribution is -2.41. The van der Waals surface area contributed by atoms with Crippen LogP contribution >= 0.6 is 11.6 Å². The van der Waals surface area contributed by atoms with Gasteiger partial charge >= 0.3 is 6.03 Å². The van der Waals surface area contributed by atoms with Crippen LogP contribution in [0.1, 0.15) is 35.8 Å². The van der Waals surface area contributed by atoms with Gasteiger partial charge in [-0.05, 0) is 50.5 Å². The summed E-state index contributed by atoms with van der Waals surface area (Å²) in [6, 6.07) is 13.3. The number of likely N-dealkylation sites (tertiary alicyclic amines) is 1. The third kappa shape index (κ3) is 4.43. The van der Waals surface area contributed by atoms with Crippen molar-refractivity contribution in [3.8, 4) is 11.4 Å². The molecule has 1 aromatic heterocycles. The van der Waals surface area contributed by atoms with Crippen LogP contribution in [0.2, 0.25) is 5.02 Å². The van der Waals surface area contributed by atoms with E-state index in [-0.39, 0.29) is 11.9 Å². The van der Waals surface area contributed by atoms with Gasteiger partial charge in [-0.3, -0.25) is 0 Å². The number of hydrogen-bond donors (Lipinski definition) is 1. The summed E-state index contributed by atoms with van der Waals surface area (Å²) < 4.78 is 5.51. The van der Waals surface area contributed by atoms with Gasteiger partial charge in [-0.25, -0.2) is 4.79 Å². The molecule has 7 heteroatoms. The van der Waals surface area contributed by atoms with Crippen molar-refractivity contribution in [2.24, 2.45) is 0 Å². The second-order valence-electron chi connectivity index (χ2n) is 7.50. The predicted octanol–water partition coefficient (Wildman–Crippen LogP) is 5.42. The first-order chi connectivity index (χ1) is 14.0. The van der Waals surface area contributed by atoms with Gasteiger partial charge in [-0.15, -0.1) is 0 Å². The van der Waals surface area contributed by atoms with E-state index in [0.29, 0.717) is 29.8 Å². The molecular weight excluding hydrogens is 388 g/mol. The maximum absolute atomic E-state index is 12.8. The van der Waals surface area contributed by atoms with Crippen molar-refractivity contribution < 1.29 is 9.32 Å². The molecule has 0 aliphatic carbocycles. The first-order valence-electron chi connectivity index (χ1n) is 9.72. The normalized spacial score (nSPS) is 16.7. The number of aryl methyl sites for hydroxylation is 2. The van der Waals surface area contributed by atoms with Crippen LogP contribution in [0.25, 0.3) is 11.4 Å². The lowest BCUT2D eigenvalue weighted by Gasteiger charge is -2.31. The summed E-state index contributed by atoms with van der Waals surface area (Å²) in [7, 11) is 0. The van der Waals surface area contributed by atoms with E-state index in [1.54, 1.807) is 12.1 Å². The fourth-order valence-electron chi connectivity index (χ4n) is 3.66. The smallest absolute Gasteiger partial charge is 0.321 e. The average molecular weight is 411 g/mol. The van der Waals surface area contributed by atoms with Crippen LogP contribution in [-0.2, 0) is 0 Å². The van der Waals surface area contributed by atoms with E-state index in [1.807, 2.05) is 43.0 Å². The van der Waals surface area contributed by atoms with Crippen LogP contribution in [0.5, 0.6) is 0 Å². The highest BCUT2D eigenvalue weighted by Gasteiger charge is 2.29. The van der Waals surface area contributed by atoms with Gasteiger partial charge in [0.15, 0.2) is 0 Å². The average Bonchev–Trinajstić information content (AvgIpc) is 3.20. The van der Waals surface area contributed by atoms with E-state index in [1.165, 1.54) is 5.56 Å². The Balaban J connectivity index is 1.45. The first-order valence-corrected chi connectivity index (χ1v) is 10.1. The molecular formula is C22H23ClN4O2. The highest BCUT2D eigenvalue weighted by Crippen LogP contribution is 2.29. The molecule has 1 atom stereocenters. The number of carbonyl (C=O) groups excluding carboxylic acids is 1. The van der Waals surface area contributed by atoms with E-state index in [9.17, 15) is 4.79 Å². The molecule has 1 fully saturated rings. The van der Waals surface area contributed by atoms with Crippen molar-refractivity contribution in [3.05, 3.63) is 64.5 Å². The molecule has 1 saturated heterocycles. The zero-order chi connectivity index (χ0) is 20.4. The number of amides is 2. The predicted molar refractivity (Wildman–Crippen MR) is 113 cm³/mol. The Kier molecular flexibility index (Phi) is 5.53. The molecule has 2 aromatic carbocycles. The van der Waals surface area contributed by atoms with Crippen LogP contribution in [0, 0.1) is 13.8 Å². The summed E-state index contributed by atoms with van der Waals surface area (Å²) >= 11 is 6.05. The van der Waals surface area contributed by atoms with Crippen molar-refractivity contribution in [2.75, 3.05) is 18.4 Å². The number of carbonyl (C=O) groups is 1. The van der Waals surface area contributed by atoms with Gasteiger partial charge in [0.2, 0.25) is 11.7 Å². The maximum atomic E-state index is 12.8. The highest BCUT2D eigenvalue weighted by atomic mass is 35.5. The number of urea groups is 1. The number of halogens is 1. The standard InChI is InChI=1S/C22H23ClN4O2/c1-14-8-9-19(15(2)11-14)24-22(28)27-10-4-6-17(13-27)21-25-20(26-29-21)16-5-3-7-18(23)12-16/h3,5,7-9,11-12,17H,4,6,10,13H2,1-2H3,(H,24,28)/t17-/m1/s1. The molecule has 1 aliphatic heterocycles. The topological polar surface area (TPSA) is 71.3 Å². The number of aromatic nitrogens is 2. The molecule has 2 heterocycles. The largest absolute Gasteiger partial charge is 0.339 e. The molecule has 3 aromatic rings. The Hall–Kier alpha value is -2.86.